The summed E-state index contributed by atoms with van der Waals surface area (Å²) in [6, 6.07) is 8.81. The Morgan fingerprint density at radius 3 is 2.52 bits per heavy atom. The molecule has 1 aromatic rings. The smallest absolute Gasteiger partial charge is 0.333 e. The predicted octanol–water partition coefficient (Wildman–Crippen LogP) is 1.49. The normalized spacial score (nSPS) is 24.3. The van der Waals surface area contributed by atoms with Gasteiger partial charge in [0.1, 0.15) is 0 Å². The summed E-state index contributed by atoms with van der Waals surface area (Å²) in [4.78, 5) is 24.4. The van der Waals surface area contributed by atoms with Gasteiger partial charge in [0.25, 0.3) is 0 Å². The molecule has 3 N–H and O–H groups in total. The van der Waals surface area contributed by atoms with E-state index in [1.165, 1.54) is 6.92 Å². The number of nitrogens with one attached hydrogen (secondary N) is 2. The lowest BCUT2D eigenvalue weighted by Crippen LogP contribution is -2.54. The molecule has 0 aromatic heterocycles. The van der Waals surface area contributed by atoms with Crippen molar-refractivity contribution in [1.29, 1.82) is 0 Å². The molecule has 2 unspecified atom stereocenters. The van der Waals surface area contributed by atoms with Crippen molar-refractivity contribution in [1.82, 2.24) is 10.6 Å². The van der Waals surface area contributed by atoms with Gasteiger partial charge in [-0.3, -0.25) is 4.79 Å². The lowest BCUT2D eigenvalue weighted by Gasteiger charge is -2.33. The van der Waals surface area contributed by atoms with E-state index >= 15 is 0 Å². The maximum atomic E-state index is 12.7. The summed E-state index contributed by atoms with van der Waals surface area (Å²) in [6.07, 6.45) is 1.43. The summed E-state index contributed by atoms with van der Waals surface area (Å²) in [5.74, 6) is -1.25. The molecule has 1 amide bonds. The Bertz CT molecular complexity index is 524. The van der Waals surface area contributed by atoms with Crippen LogP contribution in [-0.4, -0.2) is 30.1 Å². The monoisotopic (exact) mass is 290 g/mol. The summed E-state index contributed by atoms with van der Waals surface area (Å²) < 4.78 is 0. The standard InChI is InChI=1S/C16H22N2O3/c1-3-16(9-10-17-11-16)13(19)18-15(2,14(20)21)12-7-5-4-6-8-12/h4-8,17H,3,9-11H2,1-2H3,(H,18,19)(H,20,21). The molecule has 5 nitrogen and oxygen atoms in total. The number of carbonyl (C=O) groups excluding carboxylic acids is 1. The molecule has 1 aliphatic heterocycles. The summed E-state index contributed by atoms with van der Waals surface area (Å²) in [7, 11) is 0. The SMILES string of the molecule is CCC1(C(=O)NC(C)(C(=O)O)c2ccccc2)CCNC1. The molecule has 114 valence electrons. The molecule has 0 saturated carbocycles. The molecular formula is C16H22N2O3. The second-order valence-corrected chi connectivity index (χ2v) is 5.81. The van der Waals surface area contributed by atoms with Crippen LogP contribution in [0.3, 0.4) is 0 Å². The van der Waals surface area contributed by atoms with Gasteiger partial charge < -0.3 is 15.7 Å². The van der Waals surface area contributed by atoms with Crippen molar-refractivity contribution in [2.24, 2.45) is 5.41 Å². The first-order chi connectivity index (χ1) is 9.94. The first kappa shape index (κ1) is 15.5. The zero-order chi connectivity index (χ0) is 15.5. The summed E-state index contributed by atoms with van der Waals surface area (Å²) >= 11 is 0. The Kier molecular flexibility index (Phi) is 4.32. The van der Waals surface area contributed by atoms with E-state index in [0.29, 0.717) is 18.5 Å². The zero-order valence-electron chi connectivity index (χ0n) is 12.5. The quantitative estimate of drug-likeness (QED) is 0.768. The van der Waals surface area contributed by atoms with E-state index < -0.39 is 16.9 Å². The fourth-order valence-electron chi connectivity index (χ4n) is 2.78. The largest absolute Gasteiger partial charge is 0.479 e. The lowest BCUT2D eigenvalue weighted by atomic mass is 9.81. The third kappa shape index (κ3) is 2.78. The highest BCUT2D eigenvalue weighted by Gasteiger charge is 2.45. The second-order valence-electron chi connectivity index (χ2n) is 5.81. The Morgan fingerprint density at radius 1 is 1.38 bits per heavy atom. The molecule has 5 heteroatoms. The number of rotatable bonds is 5. The van der Waals surface area contributed by atoms with E-state index in [9.17, 15) is 14.7 Å². The molecule has 1 fully saturated rings. The van der Waals surface area contributed by atoms with E-state index in [1.807, 2.05) is 13.0 Å². The van der Waals surface area contributed by atoms with Gasteiger partial charge in [-0.2, -0.15) is 0 Å². The molecular weight excluding hydrogens is 268 g/mol. The summed E-state index contributed by atoms with van der Waals surface area (Å²) in [6.45, 7) is 4.89. The average Bonchev–Trinajstić information content (AvgIpc) is 2.98. The van der Waals surface area contributed by atoms with Crippen LogP contribution in [0.5, 0.6) is 0 Å². The number of carboxylic acids is 1. The highest BCUT2D eigenvalue weighted by atomic mass is 16.4. The molecule has 0 aliphatic carbocycles. The molecule has 1 aliphatic rings. The van der Waals surface area contributed by atoms with E-state index in [1.54, 1.807) is 24.3 Å². The van der Waals surface area contributed by atoms with Crippen LogP contribution in [0.15, 0.2) is 30.3 Å². The Hall–Kier alpha value is -1.88. The zero-order valence-corrected chi connectivity index (χ0v) is 12.5. The van der Waals surface area contributed by atoms with Gasteiger partial charge in [-0.05, 0) is 31.9 Å². The van der Waals surface area contributed by atoms with E-state index in [0.717, 1.165) is 13.0 Å². The van der Waals surface area contributed by atoms with Gasteiger partial charge >= 0.3 is 5.97 Å². The van der Waals surface area contributed by atoms with Gasteiger partial charge in [-0.15, -0.1) is 0 Å². The minimum atomic E-state index is -1.41. The molecule has 2 rings (SSSR count). The van der Waals surface area contributed by atoms with Crippen molar-refractivity contribution in [2.45, 2.75) is 32.2 Å². The first-order valence-corrected chi connectivity index (χ1v) is 7.27. The fraction of sp³-hybridized carbons (Fsp3) is 0.500. The van der Waals surface area contributed by atoms with E-state index in [-0.39, 0.29) is 5.91 Å². The summed E-state index contributed by atoms with van der Waals surface area (Å²) in [5, 5.41) is 15.6. The number of carboxylic acid groups (broad SMARTS) is 1. The van der Waals surface area contributed by atoms with Gasteiger partial charge in [-0.1, -0.05) is 37.3 Å². The molecule has 1 heterocycles. The molecule has 1 aromatic carbocycles. The van der Waals surface area contributed by atoms with Crippen LogP contribution >= 0.6 is 0 Å². The third-order valence-corrected chi connectivity index (χ3v) is 4.54. The highest BCUT2D eigenvalue weighted by molar-refractivity contribution is 5.90. The van der Waals surface area contributed by atoms with Crippen LogP contribution in [0.4, 0.5) is 0 Å². The fourth-order valence-corrected chi connectivity index (χ4v) is 2.78. The number of aliphatic carboxylic acids is 1. The maximum absolute atomic E-state index is 12.7. The molecule has 2 atom stereocenters. The Labute approximate surface area is 124 Å². The number of hydrogen-bond acceptors (Lipinski definition) is 3. The third-order valence-electron chi connectivity index (χ3n) is 4.54. The van der Waals surface area contributed by atoms with Crippen LogP contribution in [-0.2, 0) is 15.1 Å². The van der Waals surface area contributed by atoms with Gasteiger partial charge in [-0.25, -0.2) is 4.79 Å². The maximum Gasteiger partial charge on any atom is 0.333 e. The van der Waals surface area contributed by atoms with Crippen molar-refractivity contribution in [2.75, 3.05) is 13.1 Å². The van der Waals surface area contributed by atoms with E-state index in [4.69, 9.17) is 0 Å². The lowest BCUT2D eigenvalue weighted by molar-refractivity contribution is -0.149. The molecule has 21 heavy (non-hydrogen) atoms. The molecule has 0 bridgehead atoms. The minimum Gasteiger partial charge on any atom is -0.479 e. The average molecular weight is 290 g/mol. The Balaban J connectivity index is 2.29. The number of amides is 1. The van der Waals surface area contributed by atoms with Crippen molar-refractivity contribution in [3.05, 3.63) is 35.9 Å². The van der Waals surface area contributed by atoms with Crippen LogP contribution < -0.4 is 10.6 Å². The predicted molar refractivity (Wildman–Crippen MR) is 79.8 cm³/mol. The van der Waals surface area contributed by atoms with Crippen molar-refractivity contribution < 1.29 is 14.7 Å². The van der Waals surface area contributed by atoms with Crippen LogP contribution in [0.25, 0.3) is 0 Å². The van der Waals surface area contributed by atoms with Gasteiger partial charge in [0.05, 0.1) is 5.41 Å². The first-order valence-electron chi connectivity index (χ1n) is 7.27. The van der Waals surface area contributed by atoms with Gasteiger partial charge in [0.15, 0.2) is 5.54 Å². The van der Waals surface area contributed by atoms with Gasteiger partial charge in [0, 0.05) is 6.54 Å². The van der Waals surface area contributed by atoms with Crippen LogP contribution in [0.1, 0.15) is 32.3 Å². The van der Waals surface area contributed by atoms with Crippen molar-refractivity contribution in [3.63, 3.8) is 0 Å². The molecule has 1 saturated heterocycles. The molecule has 0 spiro atoms. The topological polar surface area (TPSA) is 78.4 Å². The number of benzene rings is 1. The van der Waals surface area contributed by atoms with Crippen molar-refractivity contribution >= 4 is 11.9 Å². The minimum absolute atomic E-state index is 0.191. The van der Waals surface area contributed by atoms with Crippen LogP contribution in [0.2, 0.25) is 0 Å². The van der Waals surface area contributed by atoms with Crippen LogP contribution in [0, 0.1) is 5.41 Å². The number of hydrogen-bond donors (Lipinski definition) is 3. The Morgan fingerprint density at radius 2 is 2.05 bits per heavy atom. The summed E-state index contributed by atoms with van der Waals surface area (Å²) in [5.41, 5.74) is -1.35. The second kappa shape index (κ2) is 5.85. The van der Waals surface area contributed by atoms with Gasteiger partial charge in [0.2, 0.25) is 5.91 Å². The van der Waals surface area contributed by atoms with E-state index in [2.05, 4.69) is 10.6 Å². The highest BCUT2D eigenvalue weighted by Crippen LogP contribution is 2.32. The number of carbonyl (C=O) groups is 2. The van der Waals surface area contributed by atoms with Crippen molar-refractivity contribution in [3.8, 4) is 0 Å². The molecule has 0 radical (unpaired) electrons.